The van der Waals surface area contributed by atoms with Gasteiger partial charge in [-0.05, 0) is 31.9 Å². The van der Waals surface area contributed by atoms with Gasteiger partial charge in [0, 0.05) is 62.5 Å². The summed E-state index contributed by atoms with van der Waals surface area (Å²) < 4.78 is 0. The van der Waals surface area contributed by atoms with Crippen LogP contribution in [-0.4, -0.2) is 64.6 Å². The second-order valence-electron chi connectivity index (χ2n) is 8.63. The van der Waals surface area contributed by atoms with Crippen molar-refractivity contribution in [2.24, 2.45) is 11.3 Å². The van der Waals surface area contributed by atoms with Gasteiger partial charge >= 0.3 is 5.97 Å². The van der Waals surface area contributed by atoms with E-state index in [1.165, 1.54) is 32.1 Å². The molecule has 1 aromatic heterocycles. The summed E-state index contributed by atoms with van der Waals surface area (Å²) in [5, 5.41) is 10.1. The first kappa shape index (κ1) is 17.9. The number of rotatable bonds is 5. The van der Waals surface area contributed by atoms with Gasteiger partial charge in [-0.2, -0.15) is 0 Å². The van der Waals surface area contributed by atoms with Crippen LogP contribution >= 0.6 is 0 Å². The van der Waals surface area contributed by atoms with E-state index in [0.29, 0.717) is 12.6 Å². The monoisotopic (exact) mass is 357 g/mol. The van der Waals surface area contributed by atoms with Crippen molar-refractivity contribution in [2.45, 2.75) is 51.5 Å². The first-order valence-corrected chi connectivity index (χ1v) is 10.2. The van der Waals surface area contributed by atoms with E-state index in [1.54, 1.807) is 0 Å². The lowest BCUT2D eigenvalue weighted by atomic mass is 9.81. The number of hydrogen-bond acceptors (Lipinski definition) is 4. The first-order chi connectivity index (χ1) is 12.6. The maximum absolute atomic E-state index is 12.2. The highest BCUT2D eigenvalue weighted by Gasteiger charge is 2.58. The molecule has 1 aromatic rings. The van der Waals surface area contributed by atoms with Crippen LogP contribution in [0.2, 0.25) is 0 Å². The zero-order valence-corrected chi connectivity index (χ0v) is 15.9. The Morgan fingerprint density at radius 1 is 1.23 bits per heavy atom. The second kappa shape index (κ2) is 7.28. The van der Waals surface area contributed by atoms with Crippen LogP contribution in [0.15, 0.2) is 18.2 Å². The molecule has 3 aliphatic rings. The normalized spacial score (nSPS) is 30.6. The van der Waals surface area contributed by atoms with Gasteiger partial charge in [0.05, 0.1) is 5.41 Å². The van der Waals surface area contributed by atoms with Crippen LogP contribution in [0.1, 0.15) is 43.5 Å². The van der Waals surface area contributed by atoms with Crippen molar-refractivity contribution in [1.29, 1.82) is 0 Å². The van der Waals surface area contributed by atoms with Crippen molar-refractivity contribution in [3.8, 4) is 0 Å². The van der Waals surface area contributed by atoms with E-state index in [1.807, 2.05) is 13.0 Å². The van der Waals surface area contributed by atoms with E-state index in [4.69, 9.17) is 0 Å². The Bertz CT molecular complexity index is 658. The molecule has 5 heteroatoms. The number of aryl methyl sites for hydroxylation is 1. The molecule has 3 heterocycles. The Hall–Kier alpha value is -1.46. The third-order valence-corrected chi connectivity index (χ3v) is 6.85. The maximum atomic E-state index is 12.2. The van der Waals surface area contributed by atoms with Crippen molar-refractivity contribution >= 4 is 5.97 Å². The van der Waals surface area contributed by atoms with E-state index in [-0.39, 0.29) is 5.92 Å². The van der Waals surface area contributed by atoms with Crippen molar-refractivity contribution < 1.29 is 9.90 Å². The molecule has 0 spiro atoms. The third-order valence-electron chi connectivity index (χ3n) is 6.85. The van der Waals surface area contributed by atoms with Gasteiger partial charge < -0.3 is 10.0 Å². The summed E-state index contributed by atoms with van der Waals surface area (Å²) in [4.78, 5) is 21.7. The van der Waals surface area contributed by atoms with Crippen LogP contribution in [0.5, 0.6) is 0 Å². The Balaban J connectivity index is 1.39. The molecule has 4 rings (SSSR count). The number of nitrogens with zero attached hydrogens (tertiary/aromatic N) is 3. The average Bonchev–Trinajstić information content (AvgIpc) is 3.16. The lowest BCUT2D eigenvalue weighted by molar-refractivity contribution is -0.149. The van der Waals surface area contributed by atoms with Gasteiger partial charge in [-0.3, -0.25) is 14.7 Å². The van der Waals surface area contributed by atoms with Crippen LogP contribution in [0.25, 0.3) is 0 Å². The van der Waals surface area contributed by atoms with Crippen molar-refractivity contribution in [2.75, 3.05) is 32.7 Å². The number of pyridine rings is 1. The van der Waals surface area contributed by atoms with Gasteiger partial charge in [-0.15, -0.1) is 0 Å². The molecule has 26 heavy (non-hydrogen) atoms. The smallest absolute Gasteiger partial charge is 0.312 e. The van der Waals surface area contributed by atoms with Crippen LogP contribution in [-0.2, 0) is 11.2 Å². The minimum Gasteiger partial charge on any atom is -0.481 e. The van der Waals surface area contributed by atoms with Gasteiger partial charge in [0.25, 0.3) is 0 Å². The molecular weight excluding hydrogens is 326 g/mol. The lowest BCUT2D eigenvalue weighted by Gasteiger charge is -2.33. The molecule has 142 valence electrons. The Kier molecular flexibility index (Phi) is 5.02. The largest absolute Gasteiger partial charge is 0.481 e. The highest BCUT2D eigenvalue weighted by molar-refractivity contribution is 5.77. The first-order valence-electron chi connectivity index (χ1n) is 10.2. The number of hydrogen-bond donors (Lipinski definition) is 1. The summed E-state index contributed by atoms with van der Waals surface area (Å²) in [6, 6.07) is 6.76. The molecule has 3 fully saturated rings. The van der Waals surface area contributed by atoms with E-state index in [9.17, 15) is 9.90 Å². The quantitative estimate of drug-likeness (QED) is 0.878. The summed E-state index contributed by atoms with van der Waals surface area (Å²) in [7, 11) is 0. The molecule has 0 radical (unpaired) electrons. The Morgan fingerprint density at radius 2 is 2.04 bits per heavy atom. The van der Waals surface area contributed by atoms with Crippen LogP contribution in [0.3, 0.4) is 0 Å². The van der Waals surface area contributed by atoms with Gasteiger partial charge in [0.15, 0.2) is 0 Å². The van der Waals surface area contributed by atoms with Crippen LogP contribution < -0.4 is 0 Å². The lowest BCUT2D eigenvalue weighted by Crippen LogP contribution is -2.43. The summed E-state index contributed by atoms with van der Waals surface area (Å²) in [5.41, 5.74) is 1.60. The maximum Gasteiger partial charge on any atom is 0.312 e. The number of fused-ring (bicyclic) bond motifs is 1. The highest BCUT2D eigenvalue weighted by atomic mass is 16.4. The molecule has 1 saturated carbocycles. The minimum absolute atomic E-state index is 0.271. The molecule has 0 aromatic carbocycles. The van der Waals surface area contributed by atoms with Gasteiger partial charge in [-0.25, -0.2) is 0 Å². The molecule has 2 atom stereocenters. The zero-order chi connectivity index (χ0) is 18.1. The second-order valence-corrected chi connectivity index (χ2v) is 8.63. The topological polar surface area (TPSA) is 56.7 Å². The predicted molar refractivity (Wildman–Crippen MR) is 101 cm³/mol. The average molecular weight is 357 g/mol. The molecular formula is C21H31N3O2. The van der Waals surface area contributed by atoms with E-state index in [0.717, 1.165) is 44.0 Å². The summed E-state index contributed by atoms with van der Waals surface area (Å²) in [5.74, 6) is -0.315. The molecule has 2 saturated heterocycles. The Morgan fingerprint density at radius 3 is 2.73 bits per heavy atom. The van der Waals surface area contributed by atoms with Crippen molar-refractivity contribution in [3.05, 3.63) is 29.6 Å². The predicted octanol–water partition coefficient (Wildman–Crippen LogP) is 2.58. The number of carboxylic acids is 1. The molecule has 1 aliphatic carbocycles. The molecule has 0 bridgehead atoms. The van der Waals surface area contributed by atoms with Crippen molar-refractivity contribution in [3.63, 3.8) is 0 Å². The fourth-order valence-electron chi connectivity index (χ4n) is 5.42. The molecule has 1 N–H and O–H groups in total. The van der Waals surface area contributed by atoms with Crippen molar-refractivity contribution in [1.82, 2.24) is 14.8 Å². The third kappa shape index (κ3) is 3.39. The summed E-state index contributed by atoms with van der Waals surface area (Å²) in [6.07, 6.45) is 7.37. The van der Waals surface area contributed by atoms with E-state index < -0.39 is 11.4 Å². The fraction of sp³-hybridized carbons (Fsp3) is 0.714. The molecule has 2 aliphatic heterocycles. The van der Waals surface area contributed by atoms with Gasteiger partial charge in [0.2, 0.25) is 0 Å². The van der Waals surface area contributed by atoms with Gasteiger partial charge in [0.1, 0.15) is 0 Å². The van der Waals surface area contributed by atoms with Gasteiger partial charge in [-0.1, -0.05) is 25.3 Å². The zero-order valence-electron chi connectivity index (χ0n) is 15.9. The SMILES string of the molecule is Cc1cccc(CCN2C[C@H]3CN(C4CCCCC4)C[C@@]3(C(=O)O)C2)n1. The number of aliphatic carboxylic acids is 1. The van der Waals surface area contributed by atoms with E-state index >= 15 is 0 Å². The standard InChI is InChI=1S/C21H31N3O2/c1-16-6-5-7-18(22-16)10-11-23-12-17-13-24(19-8-3-2-4-9-19)15-21(17,14-23)20(25)26/h5-7,17,19H,2-4,8-15H2,1H3,(H,25,26)/t17-,21-/m0/s1. The summed E-state index contributed by atoms with van der Waals surface area (Å²) in [6.45, 7) is 6.25. The number of carboxylic acid groups (broad SMARTS) is 1. The van der Waals surface area contributed by atoms with Crippen LogP contribution in [0, 0.1) is 18.3 Å². The number of carbonyl (C=O) groups is 1. The van der Waals surface area contributed by atoms with Crippen LogP contribution in [0.4, 0.5) is 0 Å². The number of aromatic nitrogens is 1. The highest BCUT2D eigenvalue weighted by Crippen LogP contribution is 2.44. The number of likely N-dealkylation sites (tertiary alicyclic amines) is 2. The molecule has 0 unspecified atom stereocenters. The summed E-state index contributed by atoms with van der Waals surface area (Å²) >= 11 is 0. The van der Waals surface area contributed by atoms with E-state index in [2.05, 4.69) is 26.9 Å². The minimum atomic E-state index is -0.586. The fourth-order valence-corrected chi connectivity index (χ4v) is 5.42. The Labute approximate surface area is 156 Å². The molecule has 0 amide bonds. The molecule has 5 nitrogen and oxygen atoms in total.